The van der Waals surface area contributed by atoms with Crippen LogP contribution in [0.2, 0.25) is 0 Å². The van der Waals surface area contributed by atoms with Crippen LogP contribution in [0.4, 0.5) is 0 Å². The molecule has 4 nitrogen and oxygen atoms in total. The van der Waals surface area contributed by atoms with Crippen LogP contribution in [-0.4, -0.2) is 30.3 Å². The molecule has 3 atom stereocenters. The minimum absolute atomic E-state index is 0. The summed E-state index contributed by atoms with van der Waals surface area (Å²) in [4.78, 5) is 12.8. The third kappa shape index (κ3) is 4.80. The number of benzene rings is 3. The molecule has 5 rings (SSSR count). The van der Waals surface area contributed by atoms with Gasteiger partial charge in [0.1, 0.15) is 0 Å². The van der Waals surface area contributed by atoms with Gasteiger partial charge in [-0.15, -0.1) is 12.4 Å². The number of allylic oxidation sites excluding steroid dienone is 3. The molecule has 0 bridgehead atoms. The maximum Gasteiger partial charge on any atom is 0.314 e. The molecule has 2 aliphatic rings. The molecule has 2 N–H and O–H groups in total. The molecule has 3 aromatic carbocycles. The second kappa shape index (κ2) is 10.6. The number of nitrogens with one attached hydrogen (secondary N) is 1. The van der Waals surface area contributed by atoms with Gasteiger partial charge >= 0.3 is 5.97 Å². The smallest absolute Gasteiger partial charge is 0.314 e. The van der Waals surface area contributed by atoms with Crippen LogP contribution in [0.5, 0.6) is 0 Å². The van der Waals surface area contributed by atoms with E-state index in [-0.39, 0.29) is 24.4 Å². The number of hydrogen-bond acceptors (Lipinski definition) is 3. The zero-order valence-corrected chi connectivity index (χ0v) is 19.8. The molecular weight excluding hydrogens is 446 g/mol. The summed E-state index contributed by atoms with van der Waals surface area (Å²) in [7, 11) is 0. The second-order valence-electron chi connectivity index (χ2n) is 9.07. The fourth-order valence-electron chi connectivity index (χ4n) is 5.31. The average molecular weight is 476 g/mol. The van der Waals surface area contributed by atoms with Crippen molar-refractivity contribution in [2.45, 2.75) is 25.6 Å². The van der Waals surface area contributed by atoms with Crippen molar-refractivity contribution < 1.29 is 14.6 Å². The van der Waals surface area contributed by atoms with Crippen molar-refractivity contribution in [2.24, 2.45) is 11.3 Å². The lowest BCUT2D eigenvalue weighted by molar-refractivity contribution is -0.154. The third-order valence-corrected chi connectivity index (χ3v) is 7.08. The lowest BCUT2D eigenvalue weighted by Crippen LogP contribution is -2.52. The predicted octanol–water partition coefficient (Wildman–Crippen LogP) is 5.87. The molecule has 0 spiro atoms. The minimum atomic E-state index is -0.976. The van der Waals surface area contributed by atoms with Gasteiger partial charge < -0.3 is 15.2 Å². The summed E-state index contributed by atoms with van der Waals surface area (Å²) in [5.74, 6) is -0.883. The third-order valence-electron chi connectivity index (χ3n) is 7.08. The highest BCUT2D eigenvalue weighted by atomic mass is 35.5. The van der Waals surface area contributed by atoms with Crippen molar-refractivity contribution >= 4 is 34.7 Å². The molecule has 1 unspecified atom stereocenters. The SMILES string of the molecule is Cl.O=C(O)C1([C@H]2CCNC[C@@H]2OCc2ccc3ccccc3c2)C=CC=C(c2ccccc2)C1. The summed E-state index contributed by atoms with van der Waals surface area (Å²) in [5, 5.41) is 16.3. The van der Waals surface area contributed by atoms with Gasteiger partial charge in [-0.3, -0.25) is 4.79 Å². The van der Waals surface area contributed by atoms with E-state index in [1.807, 2.05) is 60.7 Å². The summed E-state index contributed by atoms with van der Waals surface area (Å²) in [5.41, 5.74) is 2.27. The van der Waals surface area contributed by atoms with E-state index in [1.165, 1.54) is 10.8 Å². The van der Waals surface area contributed by atoms with Crippen LogP contribution >= 0.6 is 12.4 Å². The van der Waals surface area contributed by atoms with Crippen LogP contribution in [0, 0.1) is 11.3 Å². The first-order chi connectivity index (χ1) is 16.2. The number of halogens is 1. The molecule has 34 heavy (non-hydrogen) atoms. The summed E-state index contributed by atoms with van der Waals surface area (Å²) in [6.07, 6.45) is 6.92. The number of aliphatic carboxylic acids is 1. The normalized spacial score (nSPS) is 24.3. The van der Waals surface area contributed by atoms with E-state index in [4.69, 9.17) is 4.74 Å². The molecule has 1 saturated heterocycles. The van der Waals surface area contributed by atoms with Gasteiger partial charge in [-0.25, -0.2) is 0 Å². The largest absolute Gasteiger partial charge is 0.481 e. The molecule has 176 valence electrons. The first-order valence-electron chi connectivity index (χ1n) is 11.6. The van der Waals surface area contributed by atoms with Gasteiger partial charge in [0.05, 0.1) is 18.1 Å². The van der Waals surface area contributed by atoms with Gasteiger partial charge in [-0.2, -0.15) is 0 Å². The number of rotatable bonds is 6. The Morgan fingerprint density at radius 3 is 2.59 bits per heavy atom. The molecule has 0 saturated carbocycles. The topological polar surface area (TPSA) is 58.6 Å². The number of carboxylic acid groups (broad SMARTS) is 1. The Morgan fingerprint density at radius 1 is 1.03 bits per heavy atom. The Kier molecular flexibility index (Phi) is 7.52. The van der Waals surface area contributed by atoms with Crippen LogP contribution in [0.1, 0.15) is 24.0 Å². The Balaban J connectivity index is 0.00000274. The molecule has 1 heterocycles. The maximum atomic E-state index is 12.8. The first kappa shape index (κ1) is 24.2. The summed E-state index contributed by atoms with van der Waals surface area (Å²) < 4.78 is 6.42. The highest BCUT2D eigenvalue weighted by molar-refractivity contribution is 5.85. The van der Waals surface area contributed by atoms with Crippen molar-refractivity contribution in [2.75, 3.05) is 13.1 Å². The standard InChI is InChI=1S/C29H29NO3.ClH/c31-28(32)29(15-6-11-25(18-29)22-7-2-1-3-8-22)26-14-16-30-19-27(26)33-20-21-12-13-23-9-4-5-10-24(23)17-21;/h1-13,15,17,26-27,30H,14,16,18-20H2,(H,31,32);1H/t26-,27-,29?;/m0./s1. The van der Waals surface area contributed by atoms with Crippen LogP contribution < -0.4 is 5.32 Å². The van der Waals surface area contributed by atoms with Crippen molar-refractivity contribution in [3.63, 3.8) is 0 Å². The second-order valence-corrected chi connectivity index (χ2v) is 9.07. The number of hydrogen-bond donors (Lipinski definition) is 2. The van der Waals surface area contributed by atoms with Crippen molar-refractivity contribution in [1.29, 1.82) is 0 Å². The van der Waals surface area contributed by atoms with Crippen LogP contribution in [0.3, 0.4) is 0 Å². The fourth-order valence-corrected chi connectivity index (χ4v) is 5.31. The van der Waals surface area contributed by atoms with E-state index in [0.717, 1.165) is 29.7 Å². The molecule has 5 heteroatoms. The average Bonchev–Trinajstić information content (AvgIpc) is 2.88. The quantitative estimate of drug-likeness (QED) is 0.468. The van der Waals surface area contributed by atoms with Gasteiger partial charge in [0, 0.05) is 12.5 Å². The highest BCUT2D eigenvalue weighted by Crippen LogP contribution is 2.46. The molecule has 1 aliphatic heterocycles. The molecule has 0 amide bonds. The molecule has 3 aromatic rings. The Labute approximate surface area is 206 Å². The number of ether oxygens (including phenoxy) is 1. The molecule has 0 radical (unpaired) electrons. The van der Waals surface area contributed by atoms with Crippen LogP contribution in [0.25, 0.3) is 16.3 Å². The number of piperidine rings is 1. The van der Waals surface area contributed by atoms with Crippen molar-refractivity contribution in [3.8, 4) is 0 Å². The van der Waals surface area contributed by atoms with E-state index < -0.39 is 11.4 Å². The van der Waals surface area contributed by atoms with E-state index in [0.29, 0.717) is 19.6 Å². The van der Waals surface area contributed by atoms with Crippen molar-refractivity contribution in [3.05, 3.63) is 102 Å². The number of carbonyl (C=O) groups is 1. The lowest BCUT2D eigenvalue weighted by Gasteiger charge is -2.43. The zero-order valence-electron chi connectivity index (χ0n) is 19.0. The van der Waals surface area contributed by atoms with Crippen LogP contribution in [0.15, 0.2) is 91.0 Å². The monoisotopic (exact) mass is 475 g/mol. The van der Waals surface area contributed by atoms with E-state index in [2.05, 4.69) is 35.6 Å². The van der Waals surface area contributed by atoms with E-state index >= 15 is 0 Å². The minimum Gasteiger partial charge on any atom is -0.481 e. The van der Waals surface area contributed by atoms with Crippen molar-refractivity contribution in [1.82, 2.24) is 5.32 Å². The van der Waals surface area contributed by atoms with Gasteiger partial charge in [0.2, 0.25) is 0 Å². The molecule has 1 fully saturated rings. The Morgan fingerprint density at radius 2 is 1.79 bits per heavy atom. The van der Waals surface area contributed by atoms with Gasteiger partial charge in [0.25, 0.3) is 0 Å². The lowest BCUT2D eigenvalue weighted by atomic mass is 9.64. The number of carboxylic acids is 1. The summed E-state index contributed by atoms with van der Waals surface area (Å²) >= 11 is 0. The molecule has 1 aliphatic carbocycles. The zero-order chi connectivity index (χ0) is 22.7. The highest BCUT2D eigenvalue weighted by Gasteiger charge is 2.49. The fraction of sp³-hybridized carbons (Fsp3) is 0.276. The molecular formula is C29H30ClNO3. The predicted molar refractivity (Wildman–Crippen MR) is 139 cm³/mol. The van der Waals surface area contributed by atoms with Gasteiger partial charge in [-0.1, -0.05) is 85.0 Å². The van der Waals surface area contributed by atoms with E-state index in [1.54, 1.807) is 0 Å². The molecule has 0 aromatic heterocycles. The maximum absolute atomic E-state index is 12.8. The van der Waals surface area contributed by atoms with Gasteiger partial charge in [0.15, 0.2) is 0 Å². The van der Waals surface area contributed by atoms with Crippen LogP contribution in [-0.2, 0) is 16.1 Å². The summed E-state index contributed by atoms with van der Waals surface area (Å²) in [6.45, 7) is 1.92. The Hall–Kier alpha value is -2.92. The summed E-state index contributed by atoms with van der Waals surface area (Å²) in [6, 6.07) is 24.7. The number of fused-ring (bicyclic) bond motifs is 1. The first-order valence-corrected chi connectivity index (χ1v) is 11.6. The van der Waals surface area contributed by atoms with E-state index in [9.17, 15) is 9.90 Å². The Bertz CT molecular complexity index is 1210. The van der Waals surface area contributed by atoms with Gasteiger partial charge in [-0.05, 0) is 52.9 Å².